The van der Waals surface area contributed by atoms with Gasteiger partial charge >= 0.3 is 5.51 Å². The average Bonchev–Trinajstić information content (AvgIpc) is 2.22. The zero-order valence-electron chi connectivity index (χ0n) is 9.63. The van der Waals surface area contributed by atoms with Crippen molar-refractivity contribution in [2.45, 2.75) is 18.5 Å². The molecular formula is C11H13F4NOS. The first-order valence-corrected chi connectivity index (χ1v) is 6.16. The van der Waals surface area contributed by atoms with Crippen molar-refractivity contribution in [1.29, 1.82) is 0 Å². The molecule has 2 nitrogen and oxygen atoms in total. The van der Waals surface area contributed by atoms with Crippen LogP contribution in [0.4, 0.5) is 17.6 Å². The van der Waals surface area contributed by atoms with Gasteiger partial charge < -0.3 is 10.5 Å². The van der Waals surface area contributed by atoms with E-state index < -0.39 is 11.3 Å². The summed E-state index contributed by atoms with van der Waals surface area (Å²) in [5.41, 5.74) is 1.93. The molecule has 0 spiro atoms. The van der Waals surface area contributed by atoms with Gasteiger partial charge in [-0.2, -0.15) is 13.2 Å². The van der Waals surface area contributed by atoms with Crippen LogP contribution in [0.3, 0.4) is 0 Å². The van der Waals surface area contributed by atoms with Gasteiger partial charge in [0.15, 0.2) is 0 Å². The maximum atomic E-state index is 13.0. The summed E-state index contributed by atoms with van der Waals surface area (Å²) in [5.74, 6) is -0.580. The molecule has 0 aliphatic rings. The van der Waals surface area contributed by atoms with Crippen molar-refractivity contribution >= 4 is 11.8 Å². The minimum Gasteiger partial charge on any atom is -0.492 e. The normalized spacial score (nSPS) is 13.4. The van der Waals surface area contributed by atoms with Crippen LogP contribution in [0.2, 0.25) is 0 Å². The van der Waals surface area contributed by atoms with Crippen LogP contribution in [-0.4, -0.2) is 17.9 Å². The molecule has 0 unspecified atom stereocenters. The number of rotatable bonds is 5. The van der Waals surface area contributed by atoms with E-state index in [9.17, 15) is 17.6 Å². The second-order valence-electron chi connectivity index (χ2n) is 3.61. The summed E-state index contributed by atoms with van der Waals surface area (Å²) in [5, 5.41) is 0. The number of halogens is 4. The highest BCUT2D eigenvalue weighted by molar-refractivity contribution is 8.00. The SMILES string of the molecule is C[C@H](N)c1ccc(F)cc1OCCSC(F)(F)F. The molecule has 7 heteroatoms. The molecule has 1 aromatic carbocycles. The maximum absolute atomic E-state index is 13.0. The van der Waals surface area contributed by atoms with Crippen molar-refractivity contribution in [3.8, 4) is 5.75 Å². The summed E-state index contributed by atoms with van der Waals surface area (Å²) in [6, 6.07) is 3.44. The van der Waals surface area contributed by atoms with Crippen LogP contribution in [0.15, 0.2) is 18.2 Å². The van der Waals surface area contributed by atoms with Crippen molar-refractivity contribution in [2.24, 2.45) is 5.73 Å². The van der Waals surface area contributed by atoms with Crippen LogP contribution in [0.5, 0.6) is 5.75 Å². The Morgan fingerprint density at radius 1 is 1.39 bits per heavy atom. The zero-order chi connectivity index (χ0) is 13.8. The lowest BCUT2D eigenvalue weighted by Gasteiger charge is -2.14. The van der Waals surface area contributed by atoms with E-state index in [1.807, 2.05) is 0 Å². The predicted octanol–water partition coefficient (Wildman–Crippen LogP) is 3.48. The number of ether oxygens (including phenoxy) is 1. The highest BCUT2D eigenvalue weighted by Gasteiger charge is 2.27. The van der Waals surface area contributed by atoms with Crippen LogP contribution >= 0.6 is 11.8 Å². The quantitative estimate of drug-likeness (QED) is 0.664. The van der Waals surface area contributed by atoms with Crippen molar-refractivity contribution in [2.75, 3.05) is 12.4 Å². The van der Waals surface area contributed by atoms with E-state index in [0.29, 0.717) is 5.56 Å². The Balaban J connectivity index is 2.58. The van der Waals surface area contributed by atoms with Crippen LogP contribution in [0.1, 0.15) is 18.5 Å². The van der Waals surface area contributed by atoms with E-state index in [1.54, 1.807) is 6.92 Å². The second-order valence-corrected chi connectivity index (χ2v) is 4.77. The number of hydrogen-bond acceptors (Lipinski definition) is 3. The molecule has 0 saturated heterocycles. The number of alkyl halides is 3. The minimum absolute atomic E-state index is 0.159. The van der Waals surface area contributed by atoms with Gasteiger partial charge in [-0.15, -0.1) is 0 Å². The number of benzene rings is 1. The maximum Gasteiger partial charge on any atom is 0.441 e. The van der Waals surface area contributed by atoms with Gasteiger partial charge in [0.25, 0.3) is 0 Å². The third kappa shape index (κ3) is 5.14. The number of thioether (sulfide) groups is 1. The van der Waals surface area contributed by atoms with Crippen LogP contribution in [-0.2, 0) is 0 Å². The smallest absolute Gasteiger partial charge is 0.441 e. The Hall–Kier alpha value is -0.950. The van der Waals surface area contributed by atoms with E-state index >= 15 is 0 Å². The second kappa shape index (κ2) is 6.29. The molecule has 1 aromatic rings. The Morgan fingerprint density at radius 2 is 2.06 bits per heavy atom. The topological polar surface area (TPSA) is 35.2 Å². The lowest BCUT2D eigenvalue weighted by Crippen LogP contribution is -2.11. The molecule has 102 valence electrons. The highest BCUT2D eigenvalue weighted by atomic mass is 32.2. The summed E-state index contributed by atoms with van der Waals surface area (Å²) >= 11 is -0.179. The summed E-state index contributed by atoms with van der Waals surface area (Å²) in [4.78, 5) is 0. The van der Waals surface area contributed by atoms with E-state index in [4.69, 9.17) is 10.5 Å². The molecule has 0 saturated carbocycles. The van der Waals surface area contributed by atoms with E-state index in [2.05, 4.69) is 0 Å². The molecule has 18 heavy (non-hydrogen) atoms. The molecule has 1 rings (SSSR count). The summed E-state index contributed by atoms with van der Waals surface area (Å²) in [6.07, 6.45) is 0. The molecule has 0 fully saturated rings. The Bertz CT molecular complexity index is 395. The molecular weight excluding hydrogens is 270 g/mol. The molecule has 0 radical (unpaired) electrons. The molecule has 0 aliphatic carbocycles. The number of hydrogen-bond donors (Lipinski definition) is 1. The van der Waals surface area contributed by atoms with Gasteiger partial charge in [-0.05, 0) is 24.8 Å². The van der Waals surface area contributed by atoms with Crippen LogP contribution in [0.25, 0.3) is 0 Å². The Morgan fingerprint density at radius 3 is 2.61 bits per heavy atom. The monoisotopic (exact) mass is 283 g/mol. The fourth-order valence-electron chi connectivity index (χ4n) is 1.32. The van der Waals surface area contributed by atoms with Gasteiger partial charge in [-0.1, -0.05) is 6.07 Å². The molecule has 0 aromatic heterocycles. The van der Waals surface area contributed by atoms with Crippen molar-refractivity contribution in [3.63, 3.8) is 0 Å². The van der Waals surface area contributed by atoms with Gasteiger partial charge in [-0.3, -0.25) is 0 Å². The summed E-state index contributed by atoms with van der Waals surface area (Å²) in [6.45, 7) is 1.53. The minimum atomic E-state index is -4.28. The molecule has 0 aliphatic heterocycles. The third-order valence-corrected chi connectivity index (χ3v) is 2.77. The van der Waals surface area contributed by atoms with Gasteiger partial charge in [0.05, 0.1) is 6.61 Å². The van der Waals surface area contributed by atoms with E-state index in [-0.39, 0.29) is 35.9 Å². The molecule has 0 heterocycles. The molecule has 2 N–H and O–H groups in total. The molecule has 1 atom stereocenters. The fraction of sp³-hybridized carbons (Fsp3) is 0.455. The average molecular weight is 283 g/mol. The lowest BCUT2D eigenvalue weighted by atomic mass is 10.1. The van der Waals surface area contributed by atoms with E-state index in [0.717, 1.165) is 6.07 Å². The fourth-order valence-corrected chi connectivity index (χ4v) is 1.72. The van der Waals surface area contributed by atoms with Gasteiger partial charge in [-0.25, -0.2) is 4.39 Å². The van der Waals surface area contributed by atoms with Gasteiger partial charge in [0.1, 0.15) is 11.6 Å². The summed E-state index contributed by atoms with van der Waals surface area (Å²) in [7, 11) is 0. The Labute approximate surface area is 106 Å². The summed E-state index contributed by atoms with van der Waals surface area (Å²) < 4.78 is 53.8. The number of nitrogens with two attached hydrogens (primary N) is 1. The largest absolute Gasteiger partial charge is 0.492 e. The first-order valence-electron chi connectivity index (χ1n) is 5.18. The van der Waals surface area contributed by atoms with Gasteiger partial charge in [0.2, 0.25) is 0 Å². The molecule has 0 bridgehead atoms. The zero-order valence-corrected chi connectivity index (χ0v) is 10.4. The molecule has 0 amide bonds. The lowest BCUT2D eigenvalue weighted by molar-refractivity contribution is -0.0329. The van der Waals surface area contributed by atoms with Crippen molar-refractivity contribution < 1.29 is 22.3 Å². The highest BCUT2D eigenvalue weighted by Crippen LogP contribution is 2.30. The van der Waals surface area contributed by atoms with Crippen molar-refractivity contribution in [1.82, 2.24) is 0 Å². The van der Waals surface area contributed by atoms with Gasteiger partial charge in [0, 0.05) is 23.4 Å². The third-order valence-electron chi connectivity index (χ3n) is 2.07. The van der Waals surface area contributed by atoms with E-state index in [1.165, 1.54) is 12.1 Å². The van der Waals surface area contributed by atoms with Crippen molar-refractivity contribution in [3.05, 3.63) is 29.6 Å². The predicted molar refractivity (Wildman–Crippen MR) is 63.0 cm³/mol. The van der Waals surface area contributed by atoms with Crippen LogP contribution in [0, 0.1) is 5.82 Å². The first kappa shape index (κ1) is 15.1. The Kier molecular flexibility index (Phi) is 5.28. The van der Waals surface area contributed by atoms with Crippen LogP contribution < -0.4 is 10.5 Å². The first-order chi connectivity index (χ1) is 8.29. The standard InChI is InChI=1S/C11H13F4NOS/c1-7(16)9-3-2-8(12)6-10(9)17-4-5-18-11(13,14)15/h2-3,6-7H,4-5,16H2,1H3/t7-/m0/s1.